The predicted molar refractivity (Wildman–Crippen MR) is 114 cm³/mol. The van der Waals surface area contributed by atoms with Crippen LogP contribution in [0.1, 0.15) is 38.4 Å². The predicted octanol–water partition coefficient (Wildman–Crippen LogP) is 4.22. The number of nitrogens with two attached hydrogens (primary N) is 1. The van der Waals surface area contributed by atoms with Gasteiger partial charge in [-0.25, -0.2) is 9.37 Å². The first-order valence-electron chi connectivity index (χ1n) is 9.30. The lowest BCUT2D eigenvalue weighted by molar-refractivity contribution is 0.101. The highest BCUT2D eigenvalue weighted by atomic mass is 32.1. The molecule has 154 valence electrons. The van der Waals surface area contributed by atoms with E-state index in [9.17, 15) is 14.0 Å². The standard InChI is InChI=1S/C21H19FN4O3S/c1-11-8-16(22)15(9-17(11)26-20(28)18-10-24-21(23)30-18)19(27)25-12-2-4-13(5-3-12)29-14-6-7-14/h2-5,8-10,14H,6-7H2,1H3,(H2,23,24)(H,25,27)(H,26,28). The van der Waals surface area contributed by atoms with Gasteiger partial charge in [-0.1, -0.05) is 11.3 Å². The van der Waals surface area contributed by atoms with Crippen LogP contribution in [-0.4, -0.2) is 22.9 Å². The fraction of sp³-hybridized carbons (Fsp3) is 0.190. The molecule has 0 radical (unpaired) electrons. The van der Waals surface area contributed by atoms with Crippen molar-refractivity contribution in [1.29, 1.82) is 0 Å². The monoisotopic (exact) mass is 426 g/mol. The van der Waals surface area contributed by atoms with E-state index in [0.29, 0.717) is 21.8 Å². The molecular formula is C21H19FN4O3S. The van der Waals surface area contributed by atoms with E-state index in [1.165, 1.54) is 18.3 Å². The zero-order valence-corrected chi connectivity index (χ0v) is 16.9. The van der Waals surface area contributed by atoms with Gasteiger partial charge in [-0.2, -0.15) is 0 Å². The molecule has 2 amide bonds. The van der Waals surface area contributed by atoms with Gasteiger partial charge in [-0.15, -0.1) is 0 Å². The van der Waals surface area contributed by atoms with E-state index in [-0.39, 0.29) is 16.8 Å². The second-order valence-electron chi connectivity index (χ2n) is 6.96. The molecule has 7 nitrogen and oxygen atoms in total. The van der Waals surface area contributed by atoms with Crippen LogP contribution in [0.25, 0.3) is 0 Å². The van der Waals surface area contributed by atoms with Gasteiger partial charge in [0.1, 0.15) is 16.4 Å². The number of carbonyl (C=O) groups is 2. The van der Waals surface area contributed by atoms with Gasteiger partial charge in [-0.3, -0.25) is 9.59 Å². The molecule has 3 aromatic rings. The van der Waals surface area contributed by atoms with Crippen molar-refractivity contribution < 1.29 is 18.7 Å². The van der Waals surface area contributed by atoms with Crippen molar-refractivity contribution in [3.8, 4) is 5.75 Å². The Kier molecular flexibility index (Phi) is 5.37. The minimum atomic E-state index is -0.682. The van der Waals surface area contributed by atoms with Crippen LogP contribution in [0.15, 0.2) is 42.6 Å². The zero-order chi connectivity index (χ0) is 21.3. The van der Waals surface area contributed by atoms with Crippen LogP contribution in [-0.2, 0) is 0 Å². The fourth-order valence-electron chi connectivity index (χ4n) is 2.75. The first-order valence-corrected chi connectivity index (χ1v) is 10.1. The summed E-state index contributed by atoms with van der Waals surface area (Å²) in [6.07, 6.45) is 3.75. The van der Waals surface area contributed by atoms with Crippen LogP contribution in [0, 0.1) is 12.7 Å². The summed E-state index contributed by atoms with van der Waals surface area (Å²) in [7, 11) is 0. The maximum atomic E-state index is 14.4. The number of ether oxygens (including phenoxy) is 1. The summed E-state index contributed by atoms with van der Waals surface area (Å²) in [5.41, 5.74) is 6.68. The summed E-state index contributed by atoms with van der Waals surface area (Å²) in [5, 5.41) is 5.60. The first kappa shape index (κ1) is 19.8. The molecule has 30 heavy (non-hydrogen) atoms. The molecule has 0 unspecified atom stereocenters. The Labute approximate surface area is 176 Å². The van der Waals surface area contributed by atoms with Crippen LogP contribution in [0.5, 0.6) is 5.75 Å². The number of hydrogen-bond donors (Lipinski definition) is 3. The molecule has 1 fully saturated rings. The number of aryl methyl sites for hydroxylation is 1. The topological polar surface area (TPSA) is 106 Å². The number of benzene rings is 2. The van der Waals surface area contributed by atoms with Crippen LogP contribution in [0.4, 0.5) is 20.9 Å². The molecule has 4 N–H and O–H groups in total. The highest BCUT2D eigenvalue weighted by molar-refractivity contribution is 7.17. The van der Waals surface area contributed by atoms with Crippen molar-refractivity contribution in [2.75, 3.05) is 16.4 Å². The van der Waals surface area contributed by atoms with E-state index in [4.69, 9.17) is 10.5 Å². The number of anilines is 3. The van der Waals surface area contributed by atoms with Gasteiger partial charge in [0.05, 0.1) is 17.9 Å². The van der Waals surface area contributed by atoms with Gasteiger partial charge < -0.3 is 21.1 Å². The molecule has 1 saturated carbocycles. The smallest absolute Gasteiger partial charge is 0.267 e. The summed E-state index contributed by atoms with van der Waals surface area (Å²) >= 11 is 1.04. The Hall–Kier alpha value is -3.46. The third-order valence-electron chi connectivity index (χ3n) is 4.49. The van der Waals surface area contributed by atoms with Crippen LogP contribution >= 0.6 is 11.3 Å². The molecule has 0 spiro atoms. The molecule has 1 heterocycles. The van der Waals surface area contributed by atoms with Crippen molar-refractivity contribution in [1.82, 2.24) is 4.98 Å². The van der Waals surface area contributed by atoms with Crippen molar-refractivity contribution in [3.05, 3.63) is 64.4 Å². The molecule has 2 aromatic carbocycles. The molecule has 1 aliphatic rings. The van der Waals surface area contributed by atoms with Gasteiger partial charge in [-0.05, 0) is 61.7 Å². The number of halogens is 1. The molecule has 1 aliphatic carbocycles. The van der Waals surface area contributed by atoms with Crippen molar-refractivity contribution in [2.24, 2.45) is 0 Å². The lowest BCUT2D eigenvalue weighted by atomic mass is 10.1. The van der Waals surface area contributed by atoms with Crippen LogP contribution in [0.3, 0.4) is 0 Å². The minimum Gasteiger partial charge on any atom is -0.490 e. The number of nitrogen functional groups attached to an aromatic ring is 1. The lowest BCUT2D eigenvalue weighted by Gasteiger charge is -2.12. The Balaban J connectivity index is 1.49. The van der Waals surface area contributed by atoms with Crippen LogP contribution in [0.2, 0.25) is 0 Å². The van der Waals surface area contributed by atoms with E-state index >= 15 is 0 Å². The summed E-state index contributed by atoms with van der Waals surface area (Å²) in [6, 6.07) is 9.42. The third kappa shape index (κ3) is 4.57. The van der Waals surface area contributed by atoms with Crippen LogP contribution < -0.4 is 21.1 Å². The minimum absolute atomic E-state index is 0.182. The Bertz CT molecular complexity index is 1110. The van der Waals surface area contributed by atoms with E-state index < -0.39 is 17.6 Å². The number of nitrogens with zero attached hydrogens (tertiary/aromatic N) is 1. The highest BCUT2D eigenvalue weighted by Crippen LogP contribution is 2.28. The largest absolute Gasteiger partial charge is 0.490 e. The first-order chi connectivity index (χ1) is 14.4. The maximum absolute atomic E-state index is 14.4. The van der Waals surface area contributed by atoms with Gasteiger partial charge >= 0.3 is 0 Å². The summed E-state index contributed by atoms with van der Waals surface area (Å²) in [4.78, 5) is 29.1. The maximum Gasteiger partial charge on any atom is 0.267 e. The number of nitrogens with one attached hydrogen (secondary N) is 2. The Morgan fingerprint density at radius 3 is 2.53 bits per heavy atom. The number of carbonyl (C=O) groups excluding carboxylic acids is 2. The number of thiazole rings is 1. The van der Waals surface area contributed by atoms with E-state index in [0.717, 1.165) is 29.9 Å². The normalized spacial score (nSPS) is 13.0. The van der Waals surface area contributed by atoms with E-state index in [2.05, 4.69) is 15.6 Å². The highest BCUT2D eigenvalue weighted by Gasteiger charge is 2.23. The molecule has 9 heteroatoms. The molecule has 4 rings (SSSR count). The average Bonchev–Trinajstić information content (AvgIpc) is 3.42. The van der Waals surface area contributed by atoms with Crippen molar-refractivity contribution in [3.63, 3.8) is 0 Å². The Morgan fingerprint density at radius 2 is 1.90 bits per heavy atom. The van der Waals surface area contributed by atoms with Crippen molar-refractivity contribution >= 4 is 39.7 Å². The van der Waals surface area contributed by atoms with E-state index in [1.807, 2.05) is 0 Å². The molecule has 0 aliphatic heterocycles. The SMILES string of the molecule is Cc1cc(F)c(C(=O)Nc2ccc(OC3CC3)cc2)cc1NC(=O)c1cnc(N)s1. The number of aromatic nitrogens is 1. The van der Waals surface area contributed by atoms with Gasteiger partial charge in [0.25, 0.3) is 11.8 Å². The number of rotatable bonds is 6. The van der Waals surface area contributed by atoms with Gasteiger partial charge in [0, 0.05) is 11.4 Å². The summed E-state index contributed by atoms with van der Waals surface area (Å²) in [6.45, 7) is 1.64. The Morgan fingerprint density at radius 1 is 1.17 bits per heavy atom. The van der Waals surface area contributed by atoms with Gasteiger partial charge in [0.2, 0.25) is 0 Å². The third-order valence-corrected chi connectivity index (χ3v) is 5.32. The zero-order valence-electron chi connectivity index (χ0n) is 16.1. The molecular weight excluding hydrogens is 407 g/mol. The number of amides is 2. The lowest BCUT2D eigenvalue weighted by Crippen LogP contribution is -2.16. The second-order valence-corrected chi connectivity index (χ2v) is 8.02. The second kappa shape index (κ2) is 8.11. The van der Waals surface area contributed by atoms with Crippen molar-refractivity contribution in [2.45, 2.75) is 25.9 Å². The summed E-state index contributed by atoms with van der Waals surface area (Å²) in [5.74, 6) is -1.01. The average molecular weight is 426 g/mol. The fourth-order valence-corrected chi connectivity index (χ4v) is 3.33. The molecule has 0 atom stereocenters. The number of hydrogen-bond acceptors (Lipinski definition) is 6. The quantitative estimate of drug-likeness (QED) is 0.547. The molecule has 0 bridgehead atoms. The summed E-state index contributed by atoms with van der Waals surface area (Å²) < 4.78 is 20.1. The van der Waals surface area contributed by atoms with E-state index in [1.54, 1.807) is 31.2 Å². The van der Waals surface area contributed by atoms with Gasteiger partial charge in [0.15, 0.2) is 5.13 Å². The molecule has 0 saturated heterocycles. The molecule has 1 aromatic heterocycles.